The van der Waals surface area contributed by atoms with Crippen LogP contribution in [0.2, 0.25) is 10.0 Å². The highest BCUT2D eigenvalue weighted by Crippen LogP contribution is 2.60. The summed E-state index contributed by atoms with van der Waals surface area (Å²) in [6.07, 6.45) is 2.42. The average Bonchev–Trinajstić information content (AvgIpc) is 3.03. The van der Waals surface area contributed by atoms with Crippen LogP contribution in [0.15, 0.2) is 36.4 Å². The summed E-state index contributed by atoms with van der Waals surface area (Å²) in [4.78, 5) is 25.2. The van der Waals surface area contributed by atoms with Gasteiger partial charge in [0.2, 0.25) is 0 Å². The van der Waals surface area contributed by atoms with Gasteiger partial charge in [0.05, 0.1) is 5.02 Å². The van der Waals surface area contributed by atoms with E-state index in [4.69, 9.17) is 32.7 Å². The minimum absolute atomic E-state index is 0.00689. The normalized spacial score (nSPS) is 29.1. The van der Waals surface area contributed by atoms with Crippen molar-refractivity contribution >= 4 is 35.0 Å². The number of hydrogen-bond donors (Lipinski definition) is 2. The number of fused-ring (bicyclic) bond motifs is 1. The summed E-state index contributed by atoms with van der Waals surface area (Å²) in [5.41, 5.74) is -0.714. The first-order chi connectivity index (χ1) is 15.1. The number of hydrogen-bond acceptors (Lipinski definition) is 4. The summed E-state index contributed by atoms with van der Waals surface area (Å²) in [5, 5.41) is 6.70. The molecule has 2 bridgehead atoms. The van der Waals surface area contributed by atoms with Gasteiger partial charge in [0, 0.05) is 34.2 Å². The summed E-state index contributed by atoms with van der Waals surface area (Å²) < 4.78 is 24.7. The number of amides is 2. The molecule has 168 valence electrons. The van der Waals surface area contributed by atoms with Crippen LogP contribution in [0.25, 0.3) is 0 Å². The zero-order chi connectivity index (χ0) is 22.7. The molecule has 2 aromatic rings. The summed E-state index contributed by atoms with van der Waals surface area (Å²) in [6, 6.07) is 9.36. The molecule has 4 aliphatic rings. The summed E-state index contributed by atoms with van der Waals surface area (Å²) in [7, 11) is 0. The molecular formula is C23H21Cl2FN2O4. The minimum atomic E-state index is -0.986. The molecule has 32 heavy (non-hydrogen) atoms. The Morgan fingerprint density at radius 2 is 1.81 bits per heavy atom. The van der Waals surface area contributed by atoms with Crippen molar-refractivity contribution in [3.8, 4) is 11.5 Å². The first-order valence-electron chi connectivity index (χ1n) is 10.3. The molecule has 2 aromatic carbocycles. The molecule has 6 nitrogen and oxygen atoms in total. The van der Waals surface area contributed by atoms with Crippen molar-refractivity contribution in [2.75, 3.05) is 6.61 Å². The SMILES string of the molecule is C[C@@]1(C(=O)NC23CC(NC(=O)COc4ccc(Cl)c(F)c4)(C2)C3)Cc2cc(Cl)ccc2O1. The van der Waals surface area contributed by atoms with Crippen molar-refractivity contribution in [1.29, 1.82) is 0 Å². The molecule has 0 unspecified atom stereocenters. The first kappa shape index (κ1) is 21.3. The van der Waals surface area contributed by atoms with E-state index >= 15 is 0 Å². The Bertz CT molecular complexity index is 1120. The molecule has 2 amide bonds. The van der Waals surface area contributed by atoms with Crippen molar-refractivity contribution in [2.24, 2.45) is 0 Å². The lowest BCUT2D eigenvalue weighted by Crippen LogP contribution is -2.84. The average molecular weight is 479 g/mol. The molecule has 0 spiro atoms. The number of ether oxygens (including phenoxy) is 2. The van der Waals surface area contributed by atoms with Crippen LogP contribution in [0.4, 0.5) is 4.39 Å². The number of rotatable bonds is 6. The summed E-state index contributed by atoms with van der Waals surface area (Å²) in [5.74, 6) is -0.159. The summed E-state index contributed by atoms with van der Waals surface area (Å²) >= 11 is 11.7. The Balaban J connectivity index is 1.11. The predicted octanol–water partition coefficient (Wildman–Crippen LogP) is 3.81. The lowest BCUT2D eigenvalue weighted by atomic mass is 9.44. The van der Waals surface area contributed by atoms with Crippen molar-refractivity contribution < 1.29 is 23.5 Å². The van der Waals surface area contributed by atoms with Crippen LogP contribution in [0.5, 0.6) is 11.5 Å². The van der Waals surface area contributed by atoms with E-state index in [1.165, 1.54) is 12.1 Å². The van der Waals surface area contributed by atoms with E-state index in [1.807, 2.05) is 6.07 Å². The molecule has 1 atom stereocenters. The maximum absolute atomic E-state index is 13.5. The number of carbonyl (C=O) groups is 2. The number of nitrogens with one attached hydrogen (secondary N) is 2. The third kappa shape index (κ3) is 3.67. The van der Waals surface area contributed by atoms with Crippen LogP contribution in [-0.2, 0) is 16.0 Å². The molecule has 1 heterocycles. The van der Waals surface area contributed by atoms with Gasteiger partial charge in [-0.3, -0.25) is 9.59 Å². The van der Waals surface area contributed by atoms with Gasteiger partial charge in [-0.1, -0.05) is 23.2 Å². The third-order valence-electron chi connectivity index (χ3n) is 6.44. The van der Waals surface area contributed by atoms with Gasteiger partial charge in [0.1, 0.15) is 17.3 Å². The van der Waals surface area contributed by atoms with Gasteiger partial charge in [-0.05, 0) is 56.5 Å². The maximum atomic E-state index is 13.5. The van der Waals surface area contributed by atoms with Gasteiger partial charge in [-0.2, -0.15) is 0 Å². The molecule has 2 N–H and O–H groups in total. The van der Waals surface area contributed by atoms with Gasteiger partial charge in [-0.15, -0.1) is 0 Å². The fourth-order valence-corrected chi connectivity index (χ4v) is 5.34. The zero-order valence-electron chi connectivity index (χ0n) is 17.3. The monoisotopic (exact) mass is 478 g/mol. The van der Waals surface area contributed by atoms with Crippen molar-refractivity contribution in [3.63, 3.8) is 0 Å². The Kier molecular flexibility index (Phi) is 4.84. The quantitative estimate of drug-likeness (QED) is 0.661. The van der Waals surface area contributed by atoms with Crippen LogP contribution in [0, 0.1) is 5.82 Å². The van der Waals surface area contributed by atoms with Gasteiger partial charge < -0.3 is 20.1 Å². The van der Waals surface area contributed by atoms with Crippen LogP contribution < -0.4 is 20.1 Å². The van der Waals surface area contributed by atoms with Crippen molar-refractivity contribution in [3.05, 3.63) is 57.8 Å². The molecule has 3 saturated carbocycles. The Hall–Kier alpha value is -2.51. The molecular weight excluding hydrogens is 458 g/mol. The van der Waals surface area contributed by atoms with E-state index in [2.05, 4.69) is 10.6 Å². The smallest absolute Gasteiger partial charge is 0.264 e. The minimum Gasteiger partial charge on any atom is -0.484 e. The zero-order valence-corrected chi connectivity index (χ0v) is 18.8. The fourth-order valence-electron chi connectivity index (χ4n) is 5.03. The summed E-state index contributed by atoms with van der Waals surface area (Å²) in [6.45, 7) is 1.55. The van der Waals surface area contributed by atoms with Crippen LogP contribution in [-0.4, -0.2) is 35.1 Å². The standard InChI is InChI=1S/C23H21Cl2FN2O4/c1-21(8-13-6-14(24)2-5-18(13)32-21)20(30)28-23-10-22(11-23,12-23)27-19(29)9-31-15-3-4-16(25)17(26)7-15/h2-7H,8-12H2,1H3,(H,27,29)(H,28,30)/t21-,22?,23?/m0/s1. The molecule has 0 radical (unpaired) electrons. The van der Waals surface area contributed by atoms with Gasteiger partial charge >= 0.3 is 0 Å². The number of halogens is 3. The molecule has 6 rings (SSSR count). The van der Waals surface area contributed by atoms with Gasteiger partial charge in [-0.25, -0.2) is 4.39 Å². The van der Waals surface area contributed by atoms with Crippen LogP contribution >= 0.6 is 23.2 Å². The highest BCUT2D eigenvalue weighted by molar-refractivity contribution is 6.31. The van der Waals surface area contributed by atoms with Crippen molar-refractivity contribution in [2.45, 2.75) is 49.3 Å². The Morgan fingerprint density at radius 1 is 1.09 bits per heavy atom. The largest absolute Gasteiger partial charge is 0.484 e. The number of benzene rings is 2. The van der Waals surface area contributed by atoms with Crippen LogP contribution in [0.3, 0.4) is 0 Å². The second-order valence-electron chi connectivity index (χ2n) is 9.22. The lowest BCUT2D eigenvalue weighted by molar-refractivity contribution is -0.157. The van der Waals surface area contributed by atoms with E-state index in [0.29, 0.717) is 36.5 Å². The molecule has 3 fully saturated rings. The van der Waals surface area contributed by atoms with E-state index in [9.17, 15) is 14.0 Å². The molecule has 9 heteroatoms. The molecule has 0 aromatic heterocycles. The predicted molar refractivity (Wildman–Crippen MR) is 117 cm³/mol. The fraction of sp³-hybridized carbons (Fsp3) is 0.391. The Labute approximate surface area is 194 Å². The van der Waals surface area contributed by atoms with Gasteiger partial charge in [0.25, 0.3) is 11.8 Å². The van der Waals surface area contributed by atoms with E-state index in [0.717, 1.165) is 11.6 Å². The number of carbonyl (C=O) groups excluding carboxylic acids is 2. The van der Waals surface area contributed by atoms with E-state index < -0.39 is 11.4 Å². The second kappa shape index (κ2) is 7.25. The topological polar surface area (TPSA) is 76.7 Å². The second-order valence-corrected chi connectivity index (χ2v) is 10.1. The Morgan fingerprint density at radius 3 is 2.53 bits per heavy atom. The highest BCUT2D eigenvalue weighted by Gasteiger charge is 2.70. The first-order valence-corrected chi connectivity index (χ1v) is 11.0. The molecule has 3 aliphatic carbocycles. The van der Waals surface area contributed by atoms with Crippen LogP contribution in [0.1, 0.15) is 31.7 Å². The van der Waals surface area contributed by atoms with Gasteiger partial charge in [0.15, 0.2) is 12.2 Å². The molecule has 0 saturated heterocycles. The molecule has 1 aliphatic heterocycles. The van der Waals surface area contributed by atoms with Crippen molar-refractivity contribution in [1.82, 2.24) is 10.6 Å². The maximum Gasteiger partial charge on any atom is 0.264 e. The third-order valence-corrected chi connectivity index (χ3v) is 6.98. The lowest BCUT2D eigenvalue weighted by Gasteiger charge is -2.70. The van der Waals surface area contributed by atoms with E-state index in [-0.39, 0.29) is 40.3 Å². The van der Waals surface area contributed by atoms with E-state index in [1.54, 1.807) is 19.1 Å². The highest BCUT2D eigenvalue weighted by atomic mass is 35.5.